The normalized spacial score (nSPS) is 15.1. The fourth-order valence-corrected chi connectivity index (χ4v) is 1.21. The Morgan fingerprint density at radius 3 is 1.93 bits per heavy atom. The largest absolute Gasteiger partial charge is 0.478 e. The molecule has 0 spiro atoms. The molecule has 15 heavy (non-hydrogen) atoms. The Bertz CT molecular complexity index is 234. The molecule has 5 heteroatoms. The molecule has 4 N–H and O–H groups in total. The Labute approximate surface area is 88.7 Å². The summed E-state index contributed by atoms with van der Waals surface area (Å²) in [6, 6.07) is 0. The van der Waals surface area contributed by atoms with Gasteiger partial charge in [0.2, 0.25) is 0 Å². The van der Waals surface area contributed by atoms with E-state index < -0.39 is 37.1 Å². The van der Waals surface area contributed by atoms with Gasteiger partial charge in [-0.3, -0.25) is 0 Å². The van der Waals surface area contributed by atoms with Gasteiger partial charge in [-0.05, 0) is 12.8 Å². The van der Waals surface area contributed by atoms with Crippen LogP contribution in [0, 0.1) is 11.3 Å². The second-order valence-electron chi connectivity index (χ2n) is 3.78. The molecule has 0 bridgehead atoms. The lowest BCUT2D eigenvalue weighted by Gasteiger charge is -2.32. The summed E-state index contributed by atoms with van der Waals surface area (Å²) in [5, 5.41) is 36.0. The van der Waals surface area contributed by atoms with E-state index in [0.717, 1.165) is 0 Å². The van der Waals surface area contributed by atoms with Gasteiger partial charge in [-0.1, -0.05) is 13.0 Å². The molecule has 0 amide bonds. The SMILES string of the molecule is CC(=CC(C)C(CO)(CO)CO)C(=O)O. The van der Waals surface area contributed by atoms with Crippen LogP contribution in [0.2, 0.25) is 0 Å². The zero-order valence-corrected chi connectivity index (χ0v) is 8.97. The summed E-state index contributed by atoms with van der Waals surface area (Å²) < 4.78 is 0. The molecule has 1 atom stereocenters. The monoisotopic (exact) mass is 218 g/mol. The number of hydrogen-bond acceptors (Lipinski definition) is 4. The van der Waals surface area contributed by atoms with E-state index >= 15 is 0 Å². The highest BCUT2D eigenvalue weighted by atomic mass is 16.4. The molecule has 0 fully saturated rings. The first-order valence-electron chi connectivity index (χ1n) is 4.68. The van der Waals surface area contributed by atoms with Crippen molar-refractivity contribution < 1.29 is 25.2 Å². The number of allylic oxidation sites excluding steroid dienone is 1. The zero-order chi connectivity index (χ0) is 12.1. The van der Waals surface area contributed by atoms with Gasteiger partial charge in [-0.25, -0.2) is 4.79 Å². The third-order valence-electron chi connectivity index (χ3n) is 2.75. The molecule has 0 aromatic carbocycles. The maximum absolute atomic E-state index is 10.6. The Kier molecular flexibility index (Phi) is 5.49. The maximum Gasteiger partial charge on any atom is 0.330 e. The van der Waals surface area contributed by atoms with Crippen LogP contribution in [0.25, 0.3) is 0 Å². The van der Waals surface area contributed by atoms with Crippen molar-refractivity contribution in [1.29, 1.82) is 0 Å². The van der Waals surface area contributed by atoms with Crippen molar-refractivity contribution in [3.05, 3.63) is 11.6 Å². The Balaban J connectivity index is 4.87. The number of aliphatic carboxylic acids is 1. The van der Waals surface area contributed by atoms with Crippen LogP contribution in [0.3, 0.4) is 0 Å². The minimum atomic E-state index is -1.07. The Hall–Kier alpha value is -0.910. The van der Waals surface area contributed by atoms with Gasteiger partial charge in [-0.15, -0.1) is 0 Å². The van der Waals surface area contributed by atoms with Gasteiger partial charge in [-0.2, -0.15) is 0 Å². The molecule has 0 aromatic rings. The number of aliphatic hydroxyl groups is 3. The smallest absolute Gasteiger partial charge is 0.330 e. The van der Waals surface area contributed by atoms with E-state index in [2.05, 4.69) is 0 Å². The van der Waals surface area contributed by atoms with Crippen molar-refractivity contribution in [2.75, 3.05) is 19.8 Å². The quantitative estimate of drug-likeness (QED) is 0.455. The predicted molar refractivity (Wildman–Crippen MR) is 54.2 cm³/mol. The van der Waals surface area contributed by atoms with E-state index in [1.165, 1.54) is 13.0 Å². The van der Waals surface area contributed by atoms with Gasteiger partial charge in [0.05, 0.1) is 19.8 Å². The number of hydrogen-bond donors (Lipinski definition) is 4. The highest BCUT2D eigenvalue weighted by Crippen LogP contribution is 2.28. The molecule has 0 aromatic heterocycles. The molecule has 0 saturated heterocycles. The summed E-state index contributed by atoms with van der Waals surface area (Å²) in [5.74, 6) is -1.47. The lowest BCUT2D eigenvalue weighted by Crippen LogP contribution is -2.39. The zero-order valence-electron chi connectivity index (χ0n) is 8.97. The van der Waals surface area contributed by atoms with Gasteiger partial charge in [0.25, 0.3) is 0 Å². The van der Waals surface area contributed by atoms with Crippen LogP contribution in [-0.2, 0) is 4.79 Å². The van der Waals surface area contributed by atoms with E-state index in [-0.39, 0.29) is 5.57 Å². The summed E-state index contributed by atoms with van der Waals surface area (Å²) in [6.07, 6.45) is 1.42. The van der Waals surface area contributed by atoms with Crippen molar-refractivity contribution in [1.82, 2.24) is 0 Å². The molecule has 0 radical (unpaired) electrons. The van der Waals surface area contributed by atoms with Gasteiger partial charge in [0.15, 0.2) is 0 Å². The average molecular weight is 218 g/mol. The number of rotatable bonds is 6. The lowest BCUT2D eigenvalue weighted by atomic mass is 9.77. The highest BCUT2D eigenvalue weighted by molar-refractivity contribution is 5.85. The number of carboxylic acids is 1. The van der Waals surface area contributed by atoms with E-state index in [4.69, 9.17) is 20.4 Å². The fraction of sp³-hybridized carbons (Fsp3) is 0.700. The minimum Gasteiger partial charge on any atom is -0.478 e. The second kappa shape index (κ2) is 5.85. The molecule has 5 nitrogen and oxygen atoms in total. The van der Waals surface area contributed by atoms with Crippen LogP contribution in [0.5, 0.6) is 0 Å². The van der Waals surface area contributed by atoms with E-state index in [1.54, 1.807) is 6.92 Å². The van der Waals surface area contributed by atoms with E-state index in [1.807, 2.05) is 0 Å². The van der Waals surface area contributed by atoms with Crippen molar-refractivity contribution in [2.45, 2.75) is 13.8 Å². The lowest BCUT2D eigenvalue weighted by molar-refractivity contribution is -0.132. The topological polar surface area (TPSA) is 98.0 Å². The van der Waals surface area contributed by atoms with Crippen molar-refractivity contribution in [3.63, 3.8) is 0 Å². The number of aliphatic hydroxyl groups excluding tert-OH is 3. The molecule has 0 rings (SSSR count). The van der Waals surface area contributed by atoms with Gasteiger partial charge in [0, 0.05) is 11.0 Å². The van der Waals surface area contributed by atoms with Gasteiger partial charge in [0.1, 0.15) is 0 Å². The fourth-order valence-electron chi connectivity index (χ4n) is 1.21. The number of carbonyl (C=O) groups is 1. The summed E-state index contributed by atoms with van der Waals surface area (Å²) in [7, 11) is 0. The van der Waals surface area contributed by atoms with Crippen LogP contribution >= 0.6 is 0 Å². The van der Waals surface area contributed by atoms with Crippen LogP contribution in [0.1, 0.15) is 13.8 Å². The van der Waals surface area contributed by atoms with Gasteiger partial charge < -0.3 is 20.4 Å². The van der Waals surface area contributed by atoms with Gasteiger partial charge >= 0.3 is 5.97 Å². The highest BCUT2D eigenvalue weighted by Gasteiger charge is 2.33. The Morgan fingerprint density at radius 2 is 1.67 bits per heavy atom. The second-order valence-corrected chi connectivity index (χ2v) is 3.78. The first-order valence-corrected chi connectivity index (χ1v) is 4.68. The average Bonchev–Trinajstić information content (AvgIpc) is 2.21. The molecule has 0 aliphatic heterocycles. The van der Waals surface area contributed by atoms with Crippen LogP contribution in [0.4, 0.5) is 0 Å². The molecule has 0 heterocycles. The van der Waals surface area contributed by atoms with E-state index in [0.29, 0.717) is 0 Å². The summed E-state index contributed by atoms with van der Waals surface area (Å²) in [4.78, 5) is 10.6. The van der Waals surface area contributed by atoms with Crippen molar-refractivity contribution in [3.8, 4) is 0 Å². The molecule has 0 aliphatic rings. The first kappa shape index (κ1) is 14.1. The van der Waals surface area contributed by atoms with Crippen LogP contribution in [-0.4, -0.2) is 46.2 Å². The summed E-state index contributed by atoms with van der Waals surface area (Å²) >= 11 is 0. The molecular formula is C10H18O5. The van der Waals surface area contributed by atoms with Crippen molar-refractivity contribution >= 4 is 5.97 Å². The molecule has 1 unspecified atom stereocenters. The molecular weight excluding hydrogens is 200 g/mol. The van der Waals surface area contributed by atoms with Crippen LogP contribution < -0.4 is 0 Å². The third-order valence-corrected chi connectivity index (χ3v) is 2.75. The van der Waals surface area contributed by atoms with E-state index in [9.17, 15) is 4.79 Å². The summed E-state index contributed by atoms with van der Waals surface area (Å²) in [6.45, 7) is 1.88. The minimum absolute atomic E-state index is 0.127. The molecule has 0 aliphatic carbocycles. The Morgan fingerprint density at radius 1 is 1.27 bits per heavy atom. The maximum atomic E-state index is 10.6. The summed E-state index contributed by atoms with van der Waals surface area (Å²) in [5.41, 5.74) is -0.946. The van der Waals surface area contributed by atoms with Crippen LogP contribution in [0.15, 0.2) is 11.6 Å². The standard InChI is InChI=1S/C10H18O5/c1-7(9(14)15)3-8(2)10(4-11,5-12)6-13/h3,8,11-13H,4-6H2,1-2H3,(H,14,15). The predicted octanol–water partition coefficient (Wildman–Crippen LogP) is -0.383. The first-order chi connectivity index (χ1) is 6.93. The molecule has 88 valence electrons. The number of carboxylic acid groups (broad SMARTS) is 1. The van der Waals surface area contributed by atoms with Crippen molar-refractivity contribution in [2.24, 2.45) is 11.3 Å². The molecule has 0 saturated carbocycles. The third kappa shape index (κ3) is 3.30.